The smallest absolute Gasteiger partial charge is 0.304 e. The molecule has 4 heteroatoms. The molecule has 68 heavy (non-hydrogen) atoms. The molecule has 3 heterocycles. The van der Waals surface area contributed by atoms with Crippen molar-refractivity contribution in [2.45, 2.75) is 46.2 Å². The summed E-state index contributed by atoms with van der Waals surface area (Å²) < 4.78 is 70.0. The van der Waals surface area contributed by atoms with Crippen LogP contribution in [-0.2, 0) is 45.8 Å². The zero-order chi connectivity index (χ0) is 53.0. The Morgan fingerprint density at radius 3 is 1.32 bits per heavy atom. The van der Waals surface area contributed by atoms with Crippen LogP contribution in [0.25, 0.3) is 78.3 Å². The molecule has 0 aliphatic heterocycles. The first-order valence-electron chi connectivity index (χ1n) is 26.9. The zero-order valence-corrected chi connectivity index (χ0v) is 39.5. The summed E-state index contributed by atoms with van der Waals surface area (Å²) in [5, 5.41) is 0. The largest absolute Gasteiger partial charge is 3.00 e. The van der Waals surface area contributed by atoms with Crippen LogP contribution >= 0.6 is 0 Å². The summed E-state index contributed by atoms with van der Waals surface area (Å²) in [6.07, 6.45) is 7.26. The number of aryl methyl sites for hydroxylation is 7. The molecule has 330 valence electrons. The molecule has 7 aromatic carbocycles. The van der Waals surface area contributed by atoms with Gasteiger partial charge in [0, 0.05) is 30.9 Å². The van der Waals surface area contributed by atoms with Crippen molar-refractivity contribution in [1.82, 2.24) is 15.0 Å². The summed E-state index contributed by atoms with van der Waals surface area (Å²) in [6, 6.07) is 70.6. The van der Waals surface area contributed by atoms with Crippen molar-refractivity contribution in [1.29, 1.82) is 0 Å². The quantitative estimate of drug-likeness (QED) is 0.108. The van der Waals surface area contributed by atoms with Gasteiger partial charge in [0.15, 0.2) is 0 Å². The van der Waals surface area contributed by atoms with Crippen LogP contribution in [0.4, 0.5) is 0 Å². The van der Waals surface area contributed by atoms with E-state index in [-0.39, 0.29) is 36.8 Å². The van der Waals surface area contributed by atoms with E-state index >= 15 is 0 Å². The van der Waals surface area contributed by atoms with Crippen molar-refractivity contribution in [3.05, 3.63) is 258 Å². The second-order valence-corrected chi connectivity index (χ2v) is 16.7. The van der Waals surface area contributed by atoms with Gasteiger partial charge in [-0.1, -0.05) is 163 Å². The molecule has 10 aromatic rings. The topological polar surface area (TPSA) is 38.7 Å². The predicted molar refractivity (Wildman–Crippen MR) is 276 cm³/mol. The SMILES string of the molecule is [2H]C([2H])([2H])c1ccc(-c2[c-]cc(CCc3cc(CCc4c[c-]c(-c5ccc(C([2H])([2H])[2H])cn5)cc4)cc(-c4ccccc4-c4c[c-]c(-c5ccc(C([2H])([2H])[2H])cn5)cc4-c4ccc(-c5ccccc5)cc4)c3)cc2)nc1.[Ir+3]. The number of nitrogens with zero attached hydrogens (tertiary/aromatic N) is 3. The Labute approximate surface area is 427 Å². The molecule has 0 amide bonds. The van der Waals surface area contributed by atoms with Gasteiger partial charge in [0.2, 0.25) is 0 Å². The minimum Gasteiger partial charge on any atom is -0.304 e. The summed E-state index contributed by atoms with van der Waals surface area (Å²) in [6.45, 7) is -6.71. The molecular formula is C64H50IrN3. The summed E-state index contributed by atoms with van der Waals surface area (Å²) in [7, 11) is 0. The second-order valence-electron chi connectivity index (χ2n) is 16.7. The van der Waals surface area contributed by atoms with Gasteiger partial charge in [0.1, 0.15) is 0 Å². The van der Waals surface area contributed by atoms with Gasteiger partial charge in [-0.25, -0.2) is 0 Å². The summed E-state index contributed by atoms with van der Waals surface area (Å²) in [5.74, 6) is 0. The Hall–Kier alpha value is -7.36. The molecule has 0 fully saturated rings. The first-order chi connectivity index (χ1) is 36.5. The summed E-state index contributed by atoms with van der Waals surface area (Å²) in [4.78, 5) is 13.4. The fourth-order valence-electron chi connectivity index (χ4n) is 8.53. The molecule has 0 saturated heterocycles. The average Bonchev–Trinajstić information content (AvgIpc) is 3.44. The van der Waals surface area contributed by atoms with E-state index in [0.717, 1.165) is 98.0 Å². The monoisotopic (exact) mass is 1060 g/mol. The molecule has 0 radical (unpaired) electrons. The molecule has 0 aliphatic rings. The summed E-state index contributed by atoms with van der Waals surface area (Å²) >= 11 is 0. The van der Waals surface area contributed by atoms with Crippen LogP contribution in [0.2, 0.25) is 0 Å². The molecule has 0 aliphatic carbocycles. The number of hydrogen-bond donors (Lipinski definition) is 0. The Morgan fingerprint density at radius 1 is 0.353 bits per heavy atom. The van der Waals surface area contributed by atoms with Gasteiger partial charge in [-0.2, -0.15) is 0 Å². The van der Waals surface area contributed by atoms with Crippen LogP contribution in [0.5, 0.6) is 0 Å². The Balaban J connectivity index is 0.00000722. The van der Waals surface area contributed by atoms with Crippen LogP contribution in [0.3, 0.4) is 0 Å². The predicted octanol–water partition coefficient (Wildman–Crippen LogP) is 15.4. The van der Waals surface area contributed by atoms with Gasteiger partial charge in [-0.05, 0) is 106 Å². The Bertz CT molecular complexity index is 3470. The van der Waals surface area contributed by atoms with Gasteiger partial charge >= 0.3 is 20.1 Å². The second kappa shape index (κ2) is 21.1. The molecule has 0 saturated carbocycles. The van der Waals surface area contributed by atoms with E-state index in [0.29, 0.717) is 17.1 Å². The van der Waals surface area contributed by atoms with E-state index in [1.54, 1.807) is 36.4 Å². The molecule has 0 N–H and O–H groups in total. The molecule has 10 rings (SSSR count). The normalized spacial score (nSPS) is 13.5. The van der Waals surface area contributed by atoms with E-state index in [4.69, 9.17) is 12.3 Å². The molecule has 0 atom stereocenters. The molecule has 0 unspecified atom stereocenters. The Kier molecular flexibility index (Phi) is 11.1. The standard InChI is InChI=1S/C64H50N3.Ir/c1-44-13-34-62(65-41-44)54-24-20-47(21-25-54)16-18-49-37-50(19-17-48-22-26-55(27-23-48)63-35-14-45(2)42-66-63)39-57(38-49)58-11-7-8-12-59(58)60-33-32-56(64-36-15-46(3)43-67-64)40-61(60)53-30-28-52(29-31-53)51-9-5-4-6-10-51;/h4-15,20-24,26,28-31,33-43H,16-19H2,1-3H3;/q-3;+3/i1D3,2D3,3D3;. The van der Waals surface area contributed by atoms with Crippen molar-refractivity contribution in [3.8, 4) is 78.3 Å². The molecule has 3 aromatic heterocycles. The molecular weight excluding hydrogens is 1000 g/mol. The third kappa shape index (κ3) is 10.7. The van der Waals surface area contributed by atoms with E-state index < -0.39 is 20.6 Å². The van der Waals surface area contributed by atoms with Crippen molar-refractivity contribution < 1.29 is 32.4 Å². The van der Waals surface area contributed by atoms with Crippen molar-refractivity contribution in [2.24, 2.45) is 0 Å². The number of benzene rings is 7. The first kappa shape index (κ1) is 35.8. The van der Waals surface area contributed by atoms with Gasteiger partial charge in [0.05, 0.1) is 0 Å². The van der Waals surface area contributed by atoms with E-state index in [1.165, 1.54) is 29.7 Å². The van der Waals surface area contributed by atoms with Gasteiger partial charge < -0.3 is 15.0 Å². The molecule has 0 bridgehead atoms. The number of pyridine rings is 3. The number of aromatic nitrogens is 3. The Morgan fingerprint density at radius 2 is 0.824 bits per heavy atom. The van der Waals surface area contributed by atoms with Gasteiger partial charge in [-0.3, -0.25) is 0 Å². The summed E-state index contributed by atoms with van der Waals surface area (Å²) in [5.41, 5.74) is 17.7. The van der Waals surface area contributed by atoms with Crippen molar-refractivity contribution in [2.75, 3.05) is 0 Å². The van der Waals surface area contributed by atoms with Crippen LogP contribution in [0, 0.1) is 38.8 Å². The van der Waals surface area contributed by atoms with Crippen LogP contribution in [0.15, 0.2) is 201 Å². The first-order valence-corrected chi connectivity index (χ1v) is 22.4. The number of hydrogen-bond acceptors (Lipinski definition) is 3. The van der Waals surface area contributed by atoms with Gasteiger partial charge in [-0.15, -0.1) is 94.5 Å². The zero-order valence-electron chi connectivity index (χ0n) is 46.1. The maximum Gasteiger partial charge on any atom is 3.00 e. The maximum atomic E-state index is 7.90. The van der Waals surface area contributed by atoms with E-state index in [1.807, 2.05) is 48.5 Å². The third-order valence-electron chi connectivity index (χ3n) is 12.1. The van der Waals surface area contributed by atoms with Crippen molar-refractivity contribution in [3.63, 3.8) is 0 Å². The third-order valence-corrected chi connectivity index (χ3v) is 12.1. The molecule has 0 spiro atoms. The number of rotatable bonds is 13. The fraction of sp³-hybridized carbons (Fsp3) is 0.109. The average molecular weight is 1060 g/mol. The fourth-order valence-corrected chi connectivity index (χ4v) is 8.53. The van der Waals surface area contributed by atoms with Crippen LogP contribution < -0.4 is 0 Å². The minimum absolute atomic E-state index is 0. The maximum absolute atomic E-state index is 7.90. The van der Waals surface area contributed by atoms with E-state index in [2.05, 4.69) is 130 Å². The van der Waals surface area contributed by atoms with Crippen LogP contribution in [-0.4, -0.2) is 15.0 Å². The minimum atomic E-state index is -2.27. The van der Waals surface area contributed by atoms with Crippen molar-refractivity contribution >= 4 is 0 Å². The molecule has 3 nitrogen and oxygen atoms in total. The van der Waals surface area contributed by atoms with Crippen LogP contribution in [0.1, 0.15) is 51.3 Å². The van der Waals surface area contributed by atoms with Gasteiger partial charge in [0.25, 0.3) is 0 Å². The van der Waals surface area contributed by atoms with E-state index in [9.17, 15) is 0 Å².